The molecular weight excluding hydrogens is 298 g/mol. The molecule has 3 atom stereocenters. The van der Waals surface area contributed by atoms with E-state index in [-0.39, 0.29) is 50.0 Å². The molecule has 0 N–H and O–H groups in total. The van der Waals surface area contributed by atoms with Crippen LogP contribution in [0.4, 0.5) is 0 Å². The summed E-state index contributed by atoms with van der Waals surface area (Å²) in [6.45, 7) is 11.5. The molecule has 0 aromatic rings. The average molecular weight is 327 g/mol. The summed E-state index contributed by atoms with van der Waals surface area (Å²) in [4.78, 5) is 39.3. The van der Waals surface area contributed by atoms with Crippen molar-refractivity contribution in [1.29, 1.82) is 0 Å². The Bertz CT molecular complexity index is 462. The van der Waals surface area contributed by atoms with Gasteiger partial charge in [0.1, 0.15) is 11.2 Å². The number of piperidine rings is 1. The summed E-state index contributed by atoms with van der Waals surface area (Å²) < 4.78 is 10.3. The molecule has 0 amide bonds. The maximum absolute atomic E-state index is 12.5. The number of ketones is 1. The zero-order valence-electron chi connectivity index (χ0n) is 15.0. The first-order chi connectivity index (χ1) is 10.7. The molecule has 1 rings (SSSR count). The van der Waals surface area contributed by atoms with E-state index >= 15 is 0 Å². The van der Waals surface area contributed by atoms with E-state index in [2.05, 4.69) is 0 Å². The van der Waals surface area contributed by atoms with Crippen molar-refractivity contribution in [1.82, 2.24) is 4.90 Å². The van der Waals surface area contributed by atoms with Gasteiger partial charge in [-0.05, 0) is 48.0 Å². The van der Waals surface area contributed by atoms with E-state index in [0.29, 0.717) is 0 Å². The standard InChI is InChI=1S/C17H29NO5/c1-7-22-15(20)14-9-17(13(6)19,16(21)23-8-2)10-18(11(3)4)12(14)5/h11-12,14H,7-10H2,1-6H3. The SMILES string of the molecule is CCOC(=O)C1CC(C(C)=O)(C(=O)OCC)CN(C(C)C)C1C. The number of carbonyl (C=O) groups excluding carboxylic acids is 3. The minimum atomic E-state index is -1.30. The Balaban J connectivity index is 3.27. The van der Waals surface area contributed by atoms with Gasteiger partial charge < -0.3 is 9.47 Å². The Morgan fingerprint density at radius 1 is 1.17 bits per heavy atom. The molecule has 1 aliphatic heterocycles. The zero-order chi connectivity index (χ0) is 17.8. The second-order valence-electron chi connectivity index (χ2n) is 6.43. The van der Waals surface area contributed by atoms with Gasteiger partial charge in [0.2, 0.25) is 0 Å². The second-order valence-corrected chi connectivity index (χ2v) is 6.43. The molecule has 23 heavy (non-hydrogen) atoms. The predicted molar refractivity (Wildman–Crippen MR) is 85.8 cm³/mol. The van der Waals surface area contributed by atoms with Gasteiger partial charge in [0.25, 0.3) is 0 Å². The molecule has 6 heteroatoms. The molecule has 0 saturated carbocycles. The summed E-state index contributed by atoms with van der Waals surface area (Å²) in [6, 6.07) is -0.00803. The minimum absolute atomic E-state index is 0.0929. The van der Waals surface area contributed by atoms with Crippen LogP contribution in [0.5, 0.6) is 0 Å². The van der Waals surface area contributed by atoms with E-state index in [4.69, 9.17) is 9.47 Å². The zero-order valence-corrected chi connectivity index (χ0v) is 15.0. The first kappa shape index (κ1) is 19.6. The van der Waals surface area contributed by atoms with Gasteiger partial charge in [-0.1, -0.05) is 0 Å². The fourth-order valence-corrected chi connectivity index (χ4v) is 3.30. The van der Waals surface area contributed by atoms with E-state index in [9.17, 15) is 14.4 Å². The molecule has 0 bridgehead atoms. The third-order valence-electron chi connectivity index (χ3n) is 4.72. The number of carbonyl (C=O) groups is 3. The summed E-state index contributed by atoms with van der Waals surface area (Å²) in [6.07, 6.45) is 0.143. The van der Waals surface area contributed by atoms with Gasteiger partial charge in [-0.25, -0.2) is 0 Å². The Morgan fingerprint density at radius 3 is 2.17 bits per heavy atom. The van der Waals surface area contributed by atoms with Gasteiger partial charge in [0.15, 0.2) is 0 Å². The van der Waals surface area contributed by atoms with Crippen LogP contribution in [0.1, 0.15) is 48.0 Å². The Morgan fingerprint density at radius 2 is 1.74 bits per heavy atom. The van der Waals surface area contributed by atoms with Crippen molar-refractivity contribution >= 4 is 17.7 Å². The van der Waals surface area contributed by atoms with Crippen molar-refractivity contribution in [2.75, 3.05) is 19.8 Å². The third kappa shape index (κ3) is 3.91. The molecule has 6 nitrogen and oxygen atoms in total. The lowest BCUT2D eigenvalue weighted by molar-refractivity contribution is -0.172. The number of ether oxygens (including phenoxy) is 2. The van der Waals surface area contributed by atoms with Gasteiger partial charge in [-0.15, -0.1) is 0 Å². The van der Waals surface area contributed by atoms with Crippen molar-refractivity contribution in [3.05, 3.63) is 0 Å². The van der Waals surface area contributed by atoms with E-state index < -0.39 is 17.3 Å². The molecule has 0 spiro atoms. The molecule has 0 aliphatic carbocycles. The summed E-state index contributed by atoms with van der Waals surface area (Å²) >= 11 is 0. The van der Waals surface area contributed by atoms with Crippen LogP contribution in [0.15, 0.2) is 0 Å². The summed E-state index contributed by atoms with van der Waals surface area (Å²) in [5.74, 6) is -1.69. The van der Waals surface area contributed by atoms with Crippen LogP contribution in [0.3, 0.4) is 0 Å². The van der Waals surface area contributed by atoms with Gasteiger partial charge in [0, 0.05) is 18.6 Å². The lowest BCUT2D eigenvalue weighted by Crippen LogP contribution is -2.61. The fraction of sp³-hybridized carbons (Fsp3) is 0.824. The highest BCUT2D eigenvalue weighted by Crippen LogP contribution is 2.40. The quantitative estimate of drug-likeness (QED) is 0.547. The molecule has 1 aliphatic rings. The third-order valence-corrected chi connectivity index (χ3v) is 4.72. The van der Waals surface area contributed by atoms with Crippen molar-refractivity contribution in [2.45, 2.75) is 60.0 Å². The van der Waals surface area contributed by atoms with Crippen LogP contribution in [-0.2, 0) is 23.9 Å². The fourth-order valence-electron chi connectivity index (χ4n) is 3.30. The Labute approximate surface area is 138 Å². The smallest absolute Gasteiger partial charge is 0.320 e. The maximum atomic E-state index is 12.5. The molecule has 0 aromatic carbocycles. The topological polar surface area (TPSA) is 72.9 Å². The number of likely N-dealkylation sites (tertiary alicyclic amines) is 1. The Hall–Kier alpha value is -1.43. The Kier molecular flexibility index (Phi) is 6.74. The molecule has 0 radical (unpaired) electrons. The maximum Gasteiger partial charge on any atom is 0.320 e. The van der Waals surface area contributed by atoms with Gasteiger partial charge in [0.05, 0.1) is 19.1 Å². The highest BCUT2D eigenvalue weighted by Gasteiger charge is 2.55. The van der Waals surface area contributed by atoms with Crippen LogP contribution in [0, 0.1) is 11.3 Å². The van der Waals surface area contributed by atoms with E-state index in [0.717, 1.165) is 0 Å². The monoisotopic (exact) mass is 327 g/mol. The number of rotatable bonds is 6. The molecule has 3 unspecified atom stereocenters. The van der Waals surface area contributed by atoms with Gasteiger partial charge in [-0.2, -0.15) is 0 Å². The molecule has 1 heterocycles. The van der Waals surface area contributed by atoms with Crippen LogP contribution in [0.2, 0.25) is 0 Å². The second kappa shape index (κ2) is 7.90. The van der Waals surface area contributed by atoms with Crippen molar-refractivity contribution in [2.24, 2.45) is 11.3 Å². The number of hydrogen-bond donors (Lipinski definition) is 0. The van der Waals surface area contributed by atoms with Crippen molar-refractivity contribution in [3.8, 4) is 0 Å². The van der Waals surface area contributed by atoms with Gasteiger partial charge >= 0.3 is 11.9 Å². The number of hydrogen-bond acceptors (Lipinski definition) is 6. The van der Waals surface area contributed by atoms with Crippen LogP contribution in [0.25, 0.3) is 0 Å². The minimum Gasteiger partial charge on any atom is -0.466 e. The first-order valence-corrected chi connectivity index (χ1v) is 8.31. The number of nitrogens with zero attached hydrogens (tertiary/aromatic N) is 1. The van der Waals surface area contributed by atoms with Crippen LogP contribution in [-0.4, -0.2) is 54.5 Å². The summed E-state index contributed by atoms with van der Waals surface area (Å²) in [5.41, 5.74) is -1.30. The highest BCUT2D eigenvalue weighted by atomic mass is 16.5. The van der Waals surface area contributed by atoms with E-state index in [1.165, 1.54) is 6.92 Å². The lowest BCUT2D eigenvalue weighted by Gasteiger charge is -2.48. The predicted octanol–water partition coefficient (Wildman–Crippen LogP) is 1.81. The summed E-state index contributed by atoms with van der Waals surface area (Å²) in [7, 11) is 0. The highest BCUT2D eigenvalue weighted by molar-refractivity contribution is 6.03. The average Bonchev–Trinajstić information content (AvgIpc) is 2.47. The molecule has 1 fully saturated rings. The number of Topliss-reactive ketones (excluding diaryl/α,β-unsaturated/α-hetero) is 1. The van der Waals surface area contributed by atoms with E-state index in [1.807, 2.05) is 25.7 Å². The van der Waals surface area contributed by atoms with Crippen LogP contribution < -0.4 is 0 Å². The van der Waals surface area contributed by atoms with Gasteiger partial charge in [-0.3, -0.25) is 19.3 Å². The lowest BCUT2D eigenvalue weighted by atomic mass is 9.69. The first-order valence-electron chi connectivity index (χ1n) is 8.31. The normalized spacial score (nSPS) is 28.5. The largest absolute Gasteiger partial charge is 0.466 e. The number of esters is 2. The van der Waals surface area contributed by atoms with Crippen molar-refractivity contribution < 1.29 is 23.9 Å². The van der Waals surface area contributed by atoms with Crippen molar-refractivity contribution in [3.63, 3.8) is 0 Å². The van der Waals surface area contributed by atoms with E-state index in [1.54, 1.807) is 13.8 Å². The summed E-state index contributed by atoms with van der Waals surface area (Å²) in [5, 5.41) is 0. The van der Waals surface area contributed by atoms with Crippen LogP contribution >= 0.6 is 0 Å². The molecule has 0 aromatic heterocycles. The molecule has 132 valence electrons. The molecule has 1 saturated heterocycles. The molecular formula is C17H29NO5.